The minimum Gasteiger partial charge on any atom is -0.395 e. The van der Waals surface area contributed by atoms with Gasteiger partial charge in [-0.25, -0.2) is 0 Å². The fourth-order valence-corrected chi connectivity index (χ4v) is 2.85. The van der Waals surface area contributed by atoms with Gasteiger partial charge in [-0.2, -0.15) is 0 Å². The third kappa shape index (κ3) is 4.24. The van der Waals surface area contributed by atoms with Crippen molar-refractivity contribution in [3.8, 4) is 0 Å². The minimum atomic E-state index is -0.457. The van der Waals surface area contributed by atoms with E-state index in [-0.39, 0.29) is 24.8 Å². The van der Waals surface area contributed by atoms with Crippen molar-refractivity contribution in [2.45, 2.75) is 0 Å². The summed E-state index contributed by atoms with van der Waals surface area (Å²) in [4.78, 5) is 25.0. The number of nitrogens with one attached hydrogen (secondary N) is 2. The normalized spacial score (nSPS) is 11.4. The van der Waals surface area contributed by atoms with Gasteiger partial charge in [0.05, 0.1) is 6.61 Å². The van der Waals surface area contributed by atoms with Crippen LogP contribution in [-0.4, -0.2) is 34.6 Å². The van der Waals surface area contributed by atoms with Gasteiger partial charge in [-0.3, -0.25) is 9.59 Å². The van der Waals surface area contributed by atoms with Crippen molar-refractivity contribution < 1.29 is 14.7 Å². The number of aryl methyl sites for hydroxylation is 1. The number of amides is 2. The molecule has 1 heterocycles. The molecule has 1 aromatic heterocycles. The number of nitrogens with zero attached hydrogens (tertiary/aromatic N) is 1. The first-order chi connectivity index (χ1) is 13.1. The number of carbonyl (C=O) groups excluding carboxylic acids is 2. The molecule has 0 bridgehead atoms. The molecule has 0 unspecified atom stereocenters. The first-order valence-corrected chi connectivity index (χ1v) is 8.61. The highest BCUT2D eigenvalue weighted by Crippen LogP contribution is 2.22. The smallest absolute Gasteiger partial charge is 0.267 e. The Morgan fingerprint density at radius 1 is 1.07 bits per heavy atom. The van der Waals surface area contributed by atoms with Crippen LogP contribution < -0.4 is 10.6 Å². The van der Waals surface area contributed by atoms with Gasteiger partial charge < -0.3 is 20.3 Å². The number of fused-ring (bicyclic) bond motifs is 1. The highest BCUT2D eigenvalue weighted by Gasteiger charge is 2.15. The van der Waals surface area contributed by atoms with Crippen molar-refractivity contribution in [1.82, 2.24) is 15.2 Å². The predicted octanol–water partition coefficient (Wildman–Crippen LogP) is 2.06. The Kier molecular flexibility index (Phi) is 5.68. The van der Waals surface area contributed by atoms with Crippen LogP contribution in [0.2, 0.25) is 0 Å². The van der Waals surface area contributed by atoms with Gasteiger partial charge in [0.25, 0.3) is 11.8 Å². The molecule has 0 fully saturated rings. The highest BCUT2D eigenvalue weighted by atomic mass is 16.3. The second-order valence-electron chi connectivity index (χ2n) is 6.07. The summed E-state index contributed by atoms with van der Waals surface area (Å²) in [6.45, 7) is -0.0766. The van der Waals surface area contributed by atoms with Crippen LogP contribution in [-0.2, 0) is 11.8 Å². The molecule has 2 amide bonds. The third-order valence-corrected chi connectivity index (χ3v) is 4.15. The van der Waals surface area contributed by atoms with E-state index in [1.165, 1.54) is 0 Å². The first kappa shape index (κ1) is 18.4. The Bertz CT molecular complexity index is 990. The average molecular weight is 363 g/mol. The molecule has 0 aliphatic carbocycles. The number of hydrogen-bond acceptors (Lipinski definition) is 3. The standard InChI is InChI=1S/C21H21N3O3/c1-24-14-16(17-9-5-6-10-19(17)24)13-18(21(27)22-11-12-25)23-20(26)15-7-3-2-4-8-15/h2-10,13-14,25H,11-12H2,1H3,(H,22,27)(H,23,26)/b18-13-. The molecular weight excluding hydrogens is 342 g/mol. The average Bonchev–Trinajstić information content (AvgIpc) is 3.02. The van der Waals surface area contributed by atoms with E-state index in [0.29, 0.717) is 5.56 Å². The molecule has 0 atom stereocenters. The summed E-state index contributed by atoms with van der Waals surface area (Å²) in [6, 6.07) is 16.5. The molecular formula is C21H21N3O3. The van der Waals surface area contributed by atoms with E-state index in [1.807, 2.05) is 48.1 Å². The van der Waals surface area contributed by atoms with Crippen molar-refractivity contribution in [3.05, 3.63) is 77.6 Å². The number of aliphatic hydroxyl groups is 1. The van der Waals surface area contributed by atoms with Gasteiger partial charge in [-0.15, -0.1) is 0 Å². The molecule has 0 aliphatic rings. The topological polar surface area (TPSA) is 83.4 Å². The maximum absolute atomic E-state index is 12.5. The molecule has 3 N–H and O–H groups in total. The lowest BCUT2D eigenvalue weighted by Crippen LogP contribution is -2.36. The van der Waals surface area contributed by atoms with E-state index >= 15 is 0 Å². The lowest BCUT2D eigenvalue weighted by atomic mass is 10.1. The van der Waals surface area contributed by atoms with Crippen molar-refractivity contribution >= 4 is 28.8 Å². The first-order valence-electron chi connectivity index (χ1n) is 8.61. The summed E-state index contributed by atoms with van der Waals surface area (Å²) in [5.74, 6) is -0.831. The number of benzene rings is 2. The molecule has 0 saturated heterocycles. The predicted molar refractivity (Wildman–Crippen MR) is 105 cm³/mol. The maximum Gasteiger partial charge on any atom is 0.267 e. The monoisotopic (exact) mass is 363 g/mol. The number of para-hydroxylation sites is 1. The largest absolute Gasteiger partial charge is 0.395 e. The van der Waals surface area contributed by atoms with E-state index in [4.69, 9.17) is 5.11 Å². The van der Waals surface area contributed by atoms with Crippen LogP contribution in [0.5, 0.6) is 0 Å². The van der Waals surface area contributed by atoms with Crippen molar-refractivity contribution in [2.75, 3.05) is 13.2 Å². The van der Waals surface area contributed by atoms with E-state index in [2.05, 4.69) is 10.6 Å². The summed E-state index contributed by atoms with van der Waals surface area (Å²) in [6.07, 6.45) is 3.55. The second kappa shape index (κ2) is 8.33. The molecule has 0 aliphatic heterocycles. The van der Waals surface area contributed by atoms with Gasteiger partial charge in [-0.05, 0) is 24.3 Å². The lowest BCUT2D eigenvalue weighted by molar-refractivity contribution is -0.117. The van der Waals surface area contributed by atoms with Crippen molar-refractivity contribution in [1.29, 1.82) is 0 Å². The zero-order valence-electron chi connectivity index (χ0n) is 15.0. The van der Waals surface area contributed by atoms with Crippen LogP contribution in [0, 0.1) is 0 Å². The van der Waals surface area contributed by atoms with Crippen LogP contribution >= 0.6 is 0 Å². The SMILES string of the molecule is Cn1cc(/C=C(\NC(=O)c2ccccc2)C(=O)NCCO)c2ccccc21. The van der Waals surface area contributed by atoms with Gasteiger partial charge in [-0.1, -0.05) is 36.4 Å². The van der Waals surface area contributed by atoms with Crippen molar-refractivity contribution in [2.24, 2.45) is 7.05 Å². The number of rotatable bonds is 6. The van der Waals surface area contributed by atoms with Crippen LogP contribution in [0.25, 0.3) is 17.0 Å². The molecule has 3 aromatic rings. The zero-order chi connectivity index (χ0) is 19.2. The van der Waals surface area contributed by atoms with E-state index in [0.717, 1.165) is 16.5 Å². The fourth-order valence-electron chi connectivity index (χ4n) is 2.85. The molecule has 2 aromatic carbocycles. The van der Waals surface area contributed by atoms with Crippen LogP contribution in [0.4, 0.5) is 0 Å². The minimum absolute atomic E-state index is 0.104. The molecule has 138 valence electrons. The van der Waals surface area contributed by atoms with Crippen molar-refractivity contribution in [3.63, 3.8) is 0 Å². The number of aliphatic hydroxyl groups excluding tert-OH is 1. The van der Waals surface area contributed by atoms with E-state index in [9.17, 15) is 9.59 Å². The van der Waals surface area contributed by atoms with Gasteiger partial charge in [0.1, 0.15) is 5.70 Å². The molecule has 0 radical (unpaired) electrons. The third-order valence-electron chi connectivity index (χ3n) is 4.15. The molecule has 27 heavy (non-hydrogen) atoms. The number of carbonyl (C=O) groups is 2. The Morgan fingerprint density at radius 3 is 2.52 bits per heavy atom. The molecule has 3 rings (SSSR count). The Labute approximate surface area is 157 Å². The maximum atomic E-state index is 12.5. The molecule has 6 heteroatoms. The molecule has 0 spiro atoms. The van der Waals surface area contributed by atoms with Crippen LogP contribution in [0.1, 0.15) is 15.9 Å². The summed E-state index contributed by atoms with van der Waals surface area (Å²) >= 11 is 0. The number of aromatic nitrogens is 1. The van der Waals surface area contributed by atoms with E-state index < -0.39 is 5.91 Å². The molecule has 0 saturated carbocycles. The quantitative estimate of drug-likeness (QED) is 0.586. The second-order valence-corrected chi connectivity index (χ2v) is 6.07. The summed E-state index contributed by atoms with van der Waals surface area (Å²) in [5, 5.41) is 15.2. The van der Waals surface area contributed by atoms with E-state index in [1.54, 1.807) is 30.3 Å². The lowest BCUT2D eigenvalue weighted by Gasteiger charge is -2.10. The Hall–Kier alpha value is -3.38. The van der Waals surface area contributed by atoms with Crippen LogP contribution in [0.3, 0.4) is 0 Å². The number of hydrogen-bond donors (Lipinski definition) is 3. The Balaban J connectivity index is 1.97. The summed E-state index contributed by atoms with van der Waals surface area (Å²) < 4.78 is 1.96. The van der Waals surface area contributed by atoms with Gasteiger partial charge in [0.2, 0.25) is 0 Å². The molecule has 6 nitrogen and oxygen atoms in total. The zero-order valence-corrected chi connectivity index (χ0v) is 15.0. The fraction of sp³-hybridized carbons (Fsp3) is 0.143. The van der Waals surface area contributed by atoms with Gasteiger partial charge >= 0.3 is 0 Å². The van der Waals surface area contributed by atoms with Gasteiger partial charge in [0, 0.05) is 41.8 Å². The highest BCUT2D eigenvalue weighted by molar-refractivity contribution is 6.06. The van der Waals surface area contributed by atoms with Crippen LogP contribution in [0.15, 0.2) is 66.5 Å². The van der Waals surface area contributed by atoms with Gasteiger partial charge in [0.15, 0.2) is 0 Å². The Morgan fingerprint density at radius 2 is 1.78 bits per heavy atom. The summed E-state index contributed by atoms with van der Waals surface area (Å²) in [7, 11) is 1.92. The summed E-state index contributed by atoms with van der Waals surface area (Å²) in [5.41, 5.74) is 2.41.